The highest BCUT2D eigenvalue weighted by Crippen LogP contribution is 2.43. The SMILES string of the molecule is CC/C=C\C/C=C\C/C=C\C/C=C\C/C=C\C/C=C\C/C=C\C/C=C\C/C=C\C/C=C\C/C=C\CCCCCCCCCC(=O)OC(COC(=O)CCCCCCCCCCCCCCCCCCCCCCCCCCCCCCCCCCC)COP(=O)(O)OCCN. The van der Waals surface area contributed by atoms with E-state index in [9.17, 15) is 19.0 Å². The number of hydrogen-bond acceptors (Lipinski definition) is 8. The van der Waals surface area contributed by atoms with Gasteiger partial charge < -0.3 is 20.1 Å². The number of hydrogen-bond donors (Lipinski definition) is 2. The van der Waals surface area contributed by atoms with Gasteiger partial charge in [-0.15, -0.1) is 0 Å². The molecule has 0 rings (SSSR count). The van der Waals surface area contributed by atoms with Crippen molar-refractivity contribution in [3.8, 4) is 0 Å². The van der Waals surface area contributed by atoms with E-state index in [4.69, 9.17) is 24.3 Å². The van der Waals surface area contributed by atoms with Crippen molar-refractivity contribution in [1.29, 1.82) is 0 Å². The van der Waals surface area contributed by atoms with Crippen LogP contribution in [0.1, 0.15) is 361 Å². The van der Waals surface area contributed by atoms with Gasteiger partial charge in [0.1, 0.15) is 6.61 Å². The summed E-state index contributed by atoms with van der Waals surface area (Å²) in [5.74, 6) is -0.833. The molecule has 0 aromatic carbocycles. The molecule has 0 spiro atoms. The summed E-state index contributed by atoms with van der Waals surface area (Å²) in [6, 6.07) is 0. The van der Waals surface area contributed by atoms with Crippen LogP contribution in [0, 0.1) is 0 Å². The molecule has 0 heterocycles. The number of esters is 2. The molecule has 0 fully saturated rings. The molecule has 0 saturated carbocycles. The van der Waals surface area contributed by atoms with Crippen molar-refractivity contribution in [3.63, 3.8) is 0 Å². The number of allylic oxidation sites excluding steroid dienone is 22. The van der Waals surface area contributed by atoms with Gasteiger partial charge in [-0.25, -0.2) is 4.57 Å². The van der Waals surface area contributed by atoms with Gasteiger partial charge in [-0.05, 0) is 96.3 Å². The molecule has 95 heavy (non-hydrogen) atoms. The number of phosphoric ester groups is 1. The standard InChI is InChI=1S/C85H148NO8P/c1-3-5-7-9-11-13-15-17-19-21-23-25-27-29-31-33-35-37-38-39-40-41-42-43-44-46-48-50-52-54-56-58-60-62-64-66-68-70-72-74-76-78-85(88)94-83(82-93-95(89,90)92-80-79-86)81-91-84(87)77-75-73-71-69-67-65-63-61-59-57-55-53-51-49-47-45-36-34-32-30-28-26-24-22-20-18-16-14-12-10-8-6-4-2/h5,7,11,13,17,19,23,25,29,31,35,37,39-40,42-43,46,48,52,54,58,60,83H,3-4,6,8-10,12,14-16,18,20-22,24,26-28,30,32-34,36,38,41,44-45,47,49-51,53,55-57,59,61-82,86H2,1-2H3,(H,89,90)/b7-5-,13-11-,19-17-,25-23-,31-29-,37-35-,40-39-,43-42-,48-46-,54-52-,60-58-. The van der Waals surface area contributed by atoms with Gasteiger partial charge in [0.05, 0.1) is 13.2 Å². The molecule has 2 atom stereocenters. The van der Waals surface area contributed by atoms with E-state index in [0.29, 0.717) is 6.42 Å². The average molecular weight is 1340 g/mol. The molecule has 0 aliphatic heterocycles. The van der Waals surface area contributed by atoms with E-state index in [-0.39, 0.29) is 38.6 Å². The highest BCUT2D eigenvalue weighted by molar-refractivity contribution is 7.47. The lowest BCUT2D eigenvalue weighted by Gasteiger charge is -2.19. The molecular formula is C85H148NO8P. The summed E-state index contributed by atoms with van der Waals surface area (Å²) in [6.45, 7) is 3.66. The summed E-state index contributed by atoms with van der Waals surface area (Å²) < 4.78 is 33.2. The van der Waals surface area contributed by atoms with E-state index in [0.717, 1.165) is 116 Å². The van der Waals surface area contributed by atoms with Crippen LogP contribution in [0.2, 0.25) is 0 Å². The Morgan fingerprint density at radius 3 is 0.863 bits per heavy atom. The first kappa shape index (κ1) is 91.2. The van der Waals surface area contributed by atoms with Crippen molar-refractivity contribution in [2.45, 2.75) is 367 Å². The monoisotopic (exact) mass is 1340 g/mol. The Morgan fingerprint density at radius 2 is 0.579 bits per heavy atom. The van der Waals surface area contributed by atoms with Crippen LogP contribution in [0.3, 0.4) is 0 Å². The largest absolute Gasteiger partial charge is 0.472 e. The van der Waals surface area contributed by atoms with Crippen molar-refractivity contribution in [2.24, 2.45) is 5.73 Å². The lowest BCUT2D eigenvalue weighted by Crippen LogP contribution is -2.29. The molecule has 0 bridgehead atoms. The number of carbonyl (C=O) groups excluding carboxylic acids is 2. The molecule has 0 aliphatic carbocycles. The van der Waals surface area contributed by atoms with Crippen molar-refractivity contribution >= 4 is 19.8 Å². The maximum Gasteiger partial charge on any atom is 0.472 e. The smallest absolute Gasteiger partial charge is 0.462 e. The first-order valence-electron chi connectivity index (χ1n) is 39.7. The Hall–Kier alpha value is -3.85. The molecule has 10 heteroatoms. The Balaban J connectivity index is 3.90. The van der Waals surface area contributed by atoms with Gasteiger partial charge in [0.2, 0.25) is 0 Å². The maximum absolute atomic E-state index is 12.8. The molecule has 0 aliphatic rings. The van der Waals surface area contributed by atoms with Gasteiger partial charge in [0.15, 0.2) is 6.10 Å². The molecule has 0 aromatic heterocycles. The van der Waals surface area contributed by atoms with E-state index in [1.54, 1.807) is 0 Å². The molecule has 0 saturated heterocycles. The minimum absolute atomic E-state index is 0.0471. The third-order valence-electron chi connectivity index (χ3n) is 17.1. The Labute approximate surface area is 586 Å². The second kappa shape index (κ2) is 79.1. The Bertz CT molecular complexity index is 2030. The molecule has 546 valence electrons. The van der Waals surface area contributed by atoms with Crippen LogP contribution in [0.15, 0.2) is 134 Å². The van der Waals surface area contributed by atoms with Crippen LogP contribution in [0.5, 0.6) is 0 Å². The van der Waals surface area contributed by atoms with E-state index >= 15 is 0 Å². The minimum atomic E-state index is -4.41. The second-order valence-electron chi connectivity index (χ2n) is 26.2. The van der Waals surface area contributed by atoms with Gasteiger partial charge >= 0.3 is 19.8 Å². The normalized spacial score (nSPS) is 13.6. The minimum Gasteiger partial charge on any atom is -0.462 e. The number of carbonyl (C=O) groups is 2. The van der Waals surface area contributed by atoms with Crippen molar-refractivity contribution < 1.29 is 37.6 Å². The fourth-order valence-corrected chi connectivity index (χ4v) is 12.0. The molecule has 2 unspecified atom stereocenters. The number of unbranched alkanes of at least 4 members (excludes halogenated alkanes) is 39. The van der Waals surface area contributed by atoms with Gasteiger partial charge in [-0.1, -0.05) is 385 Å². The summed E-state index contributed by atoms with van der Waals surface area (Å²) in [7, 11) is -4.41. The molecule has 0 radical (unpaired) electrons. The quantitative estimate of drug-likeness (QED) is 0.0264. The first-order chi connectivity index (χ1) is 46.8. The third kappa shape index (κ3) is 79.0. The number of phosphoric acid groups is 1. The van der Waals surface area contributed by atoms with Crippen molar-refractivity contribution in [1.82, 2.24) is 0 Å². The highest BCUT2D eigenvalue weighted by atomic mass is 31.2. The van der Waals surface area contributed by atoms with Crippen LogP contribution in [0.25, 0.3) is 0 Å². The predicted molar refractivity (Wildman–Crippen MR) is 413 cm³/mol. The maximum atomic E-state index is 12.8. The van der Waals surface area contributed by atoms with Crippen LogP contribution < -0.4 is 5.73 Å². The summed E-state index contributed by atoms with van der Waals surface area (Å²) in [6.07, 6.45) is 113. The zero-order chi connectivity index (χ0) is 68.6. The van der Waals surface area contributed by atoms with Gasteiger partial charge in [0.25, 0.3) is 0 Å². The van der Waals surface area contributed by atoms with E-state index in [1.807, 2.05) is 0 Å². The summed E-state index contributed by atoms with van der Waals surface area (Å²) in [5, 5.41) is 0. The van der Waals surface area contributed by atoms with Gasteiger partial charge in [-0.3, -0.25) is 18.6 Å². The summed E-state index contributed by atoms with van der Waals surface area (Å²) >= 11 is 0. The van der Waals surface area contributed by atoms with Crippen LogP contribution in [0.4, 0.5) is 0 Å². The van der Waals surface area contributed by atoms with E-state index in [2.05, 4.69) is 148 Å². The van der Waals surface area contributed by atoms with E-state index < -0.39 is 26.5 Å². The van der Waals surface area contributed by atoms with Crippen molar-refractivity contribution in [3.05, 3.63) is 134 Å². The second-order valence-corrected chi connectivity index (χ2v) is 27.7. The molecule has 0 amide bonds. The number of rotatable bonds is 74. The lowest BCUT2D eigenvalue weighted by molar-refractivity contribution is -0.161. The lowest BCUT2D eigenvalue weighted by atomic mass is 10.0. The number of nitrogens with two attached hydrogens (primary N) is 1. The Morgan fingerprint density at radius 1 is 0.326 bits per heavy atom. The predicted octanol–water partition coefficient (Wildman–Crippen LogP) is 26.8. The average Bonchev–Trinajstić information content (AvgIpc) is 2.75. The Kier molecular flexibility index (Phi) is 75.9. The van der Waals surface area contributed by atoms with Crippen LogP contribution in [-0.2, 0) is 32.7 Å². The summed E-state index contributed by atoms with van der Waals surface area (Å²) in [5.41, 5.74) is 5.41. The number of ether oxygens (including phenoxy) is 2. The molecule has 3 N–H and O–H groups in total. The zero-order valence-corrected chi connectivity index (χ0v) is 62.5. The molecule has 0 aromatic rings. The molecular weight excluding hydrogens is 1190 g/mol. The summed E-state index contributed by atoms with van der Waals surface area (Å²) in [4.78, 5) is 35.4. The molecule has 9 nitrogen and oxygen atoms in total. The topological polar surface area (TPSA) is 134 Å². The van der Waals surface area contributed by atoms with E-state index in [1.165, 1.54) is 212 Å². The van der Waals surface area contributed by atoms with Gasteiger partial charge in [0, 0.05) is 19.4 Å². The third-order valence-corrected chi connectivity index (χ3v) is 18.0. The first-order valence-corrected chi connectivity index (χ1v) is 41.2. The van der Waals surface area contributed by atoms with Crippen LogP contribution in [-0.4, -0.2) is 49.3 Å². The van der Waals surface area contributed by atoms with Crippen molar-refractivity contribution in [2.75, 3.05) is 26.4 Å². The fraction of sp³-hybridized carbons (Fsp3) is 0.718. The highest BCUT2D eigenvalue weighted by Gasteiger charge is 2.26. The fourth-order valence-electron chi connectivity index (χ4n) is 11.2. The van der Waals surface area contributed by atoms with Gasteiger partial charge in [-0.2, -0.15) is 0 Å². The zero-order valence-electron chi connectivity index (χ0n) is 61.6. The van der Waals surface area contributed by atoms with Crippen LogP contribution >= 0.6 is 7.82 Å².